The number of nitrogens with zero attached hydrogens (tertiary/aromatic N) is 1. The third-order valence-electron chi connectivity index (χ3n) is 3.58. The van der Waals surface area contributed by atoms with Crippen molar-refractivity contribution in [3.8, 4) is 5.75 Å². The van der Waals surface area contributed by atoms with Crippen LogP contribution in [0.3, 0.4) is 0 Å². The molecular weight excluding hydrogens is 286 g/mol. The van der Waals surface area contributed by atoms with Crippen LogP contribution in [0.5, 0.6) is 5.75 Å². The van der Waals surface area contributed by atoms with Gasteiger partial charge in [-0.1, -0.05) is 42.2 Å². The summed E-state index contributed by atoms with van der Waals surface area (Å²) in [5.41, 5.74) is 3.54. The molecule has 0 bridgehead atoms. The van der Waals surface area contributed by atoms with Crippen LogP contribution in [-0.4, -0.2) is 10.3 Å². The first-order chi connectivity index (χ1) is 10.2. The van der Waals surface area contributed by atoms with Gasteiger partial charge in [-0.3, -0.25) is 0 Å². The average Bonchev–Trinajstić information content (AvgIpc) is 2.88. The normalized spacial score (nSPS) is 11.1. The van der Waals surface area contributed by atoms with Gasteiger partial charge in [0.2, 0.25) is 0 Å². The van der Waals surface area contributed by atoms with Crippen LogP contribution in [0, 0.1) is 0 Å². The van der Waals surface area contributed by atoms with Gasteiger partial charge in [-0.15, -0.1) is 0 Å². The van der Waals surface area contributed by atoms with Crippen LogP contribution in [0.15, 0.2) is 40.9 Å². The van der Waals surface area contributed by atoms with Crippen LogP contribution >= 0.6 is 11.6 Å². The molecular formula is C17H16ClNO2. The van der Waals surface area contributed by atoms with Gasteiger partial charge in [0.1, 0.15) is 5.75 Å². The first kappa shape index (κ1) is 14.0. The lowest BCUT2D eigenvalue weighted by Crippen LogP contribution is -1.89. The fourth-order valence-electron chi connectivity index (χ4n) is 2.51. The van der Waals surface area contributed by atoms with E-state index in [-0.39, 0.29) is 5.75 Å². The lowest BCUT2D eigenvalue weighted by molar-refractivity contribution is 0.436. The molecule has 4 heteroatoms. The summed E-state index contributed by atoms with van der Waals surface area (Å²) in [6, 6.07) is 11.3. The Hall–Kier alpha value is -2.00. The van der Waals surface area contributed by atoms with E-state index in [0.717, 1.165) is 40.1 Å². The summed E-state index contributed by atoms with van der Waals surface area (Å²) in [5, 5.41) is 15.8. The molecule has 1 N–H and O–H groups in total. The van der Waals surface area contributed by atoms with Crippen LogP contribution in [0.2, 0.25) is 5.02 Å². The number of rotatable bonds is 4. The number of hydrogen-bond donors (Lipinski definition) is 1. The van der Waals surface area contributed by atoms with Gasteiger partial charge in [-0.25, -0.2) is 0 Å². The second-order valence-electron chi connectivity index (χ2n) is 5.12. The van der Waals surface area contributed by atoms with E-state index >= 15 is 0 Å². The van der Waals surface area contributed by atoms with Gasteiger partial charge < -0.3 is 9.63 Å². The fourth-order valence-corrected chi connectivity index (χ4v) is 2.64. The summed E-state index contributed by atoms with van der Waals surface area (Å²) in [7, 11) is 0. The molecule has 108 valence electrons. The molecule has 3 rings (SSSR count). The molecule has 0 aliphatic heterocycles. The van der Waals surface area contributed by atoms with E-state index in [2.05, 4.69) is 12.1 Å². The number of aromatic nitrogens is 1. The number of aryl methyl sites for hydroxylation is 1. The molecule has 3 nitrogen and oxygen atoms in total. The minimum absolute atomic E-state index is 0.276. The SMILES string of the molecule is CCCc1c(O)ccc2c(Cc3ccc(Cl)cc3)noc12. The largest absolute Gasteiger partial charge is 0.508 e. The standard InChI is InChI=1S/C17H16ClNO2/c1-2-3-14-16(20)9-8-13-15(19-21-17(13)14)10-11-4-6-12(18)7-5-11/h4-9,20H,2-3,10H2,1H3. The van der Waals surface area contributed by atoms with Gasteiger partial charge in [0.25, 0.3) is 0 Å². The fraction of sp³-hybridized carbons (Fsp3) is 0.235. The van der Waals surface area contributed by atoms with E-state index in [1.807, 2.05) is 30.3 Å². The molecule has 0 radical (unpaired) electrons. The predicted molar refractivity (Wildman–Crippen MR) is 83.9 cm³/mol. The maximum atomic E-state index is 9.97. The van der Waals surface area contributed by atoms with Gasteiger partial charge in [0.15, 0.2) is 5.58 Å². The molecule has 0 atom stereocenters. The van der Waals surface area contributed by atoms with E-state index in [0.29, 0.717) is 12.0 Å². The van der Waals surface area contributed by atoms with Crippen molar-refractivity contribution in [2.75, 3.05) is 0 Å². The molecule has 0 amide bonds. The van der Waals surface area contributed by atoms with E-state index in [4.69, 9.17) is 16.1 Å². The number of phenolic OH excluding ortho intramolecular Hbond substituents is 1. The monoisotopic (exact) mass is 301 g/mol. The Labute approximate surface area is 128 Å². The van der Waals surface area contributed by atoms with Crippen molar-refractivity contribution in [3.05, 3.63) is 58.2 Å². The zero-order chi connectivity index (χ0) is 14.8. The topological polar surface area (TPSA) is 46.3 Å². The Morgan fingerprint density at radius 1 is 1.14 bits per heavy atom. The van der Waals surface area contributed by atoms with Crippen LogP contribution in [-0.2, 0) is 12.8 Å². The second-order valence-corrected chi connectivity index (χ2v) is 5.56. The molecule has 0 spiro atoms. The summed E-state index contributed by atoms with van der Waals surface area (Å²) in [5.74, 6) is 0.276. The van der Waals surface area contributed by atoms with Gasteiger partial charge in [0.05, 0.1) is 5.69 Å². The summed E-state index contributed by atoms with van der Waals surface area (Å²) < 4.78 is 5.47. The van der Waals surface area contributed by atoms with Crippen LogP contribution in [0.1, 0.15) is 30.2 Å². The molecule has 0 unspecified atom stereocenters. The van der Waals surface area contributed by atoms with Crippen molar-refractivity contribution in [3.63, 3.8) is 0 Å². The molecule has 0 aliphatic rings. The summed E-state index contributed by atoms with van der Waals surface area (Å²) in [4.78, 5) is 0. The van der Waals surface area contributed by atoms with Gasteiger partial charge in [0, 0.05) is 22.4 Å². The van der Waals surface area contributed by atoms with Crippen molar-refractivity contribution in [1.82, 2.24) is 5.16 Å². The highest BCUT2D eigenvalue weighted by Gasteiger charge is 2.15. The highest BCUT2D eigenvalue weighted by Crippen LogP contribution is 2.31. The summed E-state index contributed by atoms with van der Waals surface area (Å²) in [6.45, 7) is 2.07. The van der Waals surface area contributed by atoms with Gasteiger partial charge in [-0.05, 0) is 36.2 Å². The number of aromatic hydroxyl groups is 1. The first-order valence-corrected chi connectivity index (χ1v) is 7.40. The zero-order valence-electron chi connectivity index (χ0n) is 11.8. The molecule has 1 aromatic heterocycles. The van der Waals surface area contributed by atoms with Gasteiger partial charge >= 0.3 is 0 Å². The van der Waals surface area contributed by atoms with E-state index in [9.17, 15) is 5.11 Å². The third-order valence-corrected chi connectivity index (χ3v) is 3.83. The molecule has 21 heavy (non-hydrogen) atoms. The lowest BCUT2D eigenvalue weighted by Gasteiger charge is -2.03. The highest BCUT2D eigenvalue weighted by molar-refractivity contribution is 6.30. The Morgan fingerprint density at radius 2 is 1.90 bits per heavy atom. The van der Waals surface area contributed by atoms with E-state index < -0.39 is 0 Å². The molecule has 2 aromatic carbocycles. The molecule has 3 aromatic rings. The van der Waals surface area contributed by atoms with Crippen molar-refractivity contribution in [1.29, 1.82) is 0 Å². The van der Waals surface area contributed by atoms with Crippen LogP contribution in [0.4, 0.5) is 0 Å². The molecule has 0 fully saturated rings. The average molecular weight is 302 g/mol. The Bertz CT molecular complexity index is 762. The van der Waals surface area contributed by atoms with Crippen molar-refractivity contribution in [2.24, 2.45) is 0 Å². The van der Waals surface area contributed by atoms with Crippen molar-refractivity contribution in [2.45, 2.75) is 26.2 Å². The number of benzene rings is 2. The second kappa shape index (κ2) is 5.78. The first-order valence-electron chi connectivity index (χ1n) is 7.02. The van der Waals surface area contributed by atoms with E-state index in [1.54, 1.807) is 6.07 Å². The van der Waals surface area contributed by atoms with Crippen molar-refractivity contribution < 1.29 is 9.63 Å². The maximum Gasteiger partial charge on any atom is 0.174 e. The predicted octanol–water partition coefficient (Wildman–Crippen LogP) is 4.73. The van der Waals surface area contributed by atoms with Crippen molar-refractivity contribution >= 4 is 22.6 Å². The summed E-state index contributed by atoms with van der Waals surface area (Å²) in [6.07, 6.45) is 2.40. The quantitative estimate of drug-likeness (QED) is 0.757. The number of halogens is 1. The smallest absolute Gasteiger partial charge is 0.174 e. The Morgan fingerprint density at radius 3 is 2.62 bits per heavy atom. The number of phenols is 1. The molecule has 0 aliphatic carbocycles. The van der Waals surface area contributed by atoms with Crippen LogP contribution in [0.25, 0.3) is 11.0 Å². The third kappa shape index (κ3) is 2.74. The Kier molecular flexibility index (Phi) is 3.84. The number of fused-ring (bicyclic) bond motifs is 1. The number of hydrogen-bond acceptors (Lipinski definition) is 3. The molecule has 1 heterocycles. The minimum Gasteiger partial charge on any atom is -0.508 e. The van der Waals surface area contributed by atoms with E-state index in [1.165, 1.54) is 0 Å². The minimum atomic E-state index is 0.276. The highest BCUT2D eigenvalue weighted by atomic mass is 35.5. The molecule has 0 saturated heterocycles. The van der Waals surface area contributed by atoms with Crippen LogP contribution < -0.4 is 0 Å². The summed E-state index contributed by atoms with van der Waals surface area (Å²) >= 11 is 5.90. The zero-order valence-corrected chi connectivity index (χ0v) is 12.5. The lowest BCUT2D eigenvalue weighted by atomic mass is 10.0. The van der Waals surface area contributed by atoms with Gasteiger partial charge in [-0.2, -0.15) is 0 Å². The molecule has 0 saturated carbocycles. The Balaban J connectivity index is 2.00. The maximum absolute atomic E-state index is 9.97.